The molecule has 0 unspecified atom stereocenters. The summed E-state index contributed by atoms with van der Waals surface area (Å²) in [6.45, 7) is 6.81. The van der Waals surface area contributed by atoms with E-state index in [4.69, 9.17) is 16.3 Å². The quantitative estimate of drug-likeness (QED) is 0.806. The van der Waals surface area contributed by atoms with Crippen LogP contribution in [0.4, 0.5) is 0 Å². The van der Waals surface area contributed by atoms with Gasteiger partial charge in [0.25, 0.3) is 5.56 Å². The first kappa shape index (κ1) is 13.7. The summed E-state index contributed by atoms with van der Waals surface area (Å²) >= 11 is 8.78. The second-order valence-electron chi connectivity index (χ2n) is 4.31. The number of halogens is 2. The van der Waals surface area contributed by atoms with Crippen LogP contribution in [0.25, 0.3) is 0 Å². The molecular formula is C10H14BrClN2O2. The molecule has 0 bridgehead atoms. The van der Waals surface area contributed by atoms with E-state index in [0.717, 1.165) is 0 Å². The van der Waals surface area contributed by atoms with E-state index < -0.39 is 0 Å². The van der Waals surface area contributed by atoms with Crippen LogP contribution in [0, 0.1) is 0 Å². The highest BCUT2D eigenvalue weighted by molar-refractivity contribution is 9.10. The predicted molar refractivity (Wildman–Crippen MR) is 66.9 cm³/mol. The normalized spacial score (nSPS) is 11.8. The molecule has 1 heterocycles. The molecule has 1 aromatic heterocycles. The zero-order chi connectivity index (χ0) is 12.3. The van der Waals surface area contributed by atoms with Gasteiger partial charge >= 0.3 is 0 Å². The second-order valence-corrected chi connectivity index (χ2v) is 5.46. The highest BCUT2D eigenvalue weighted by Gasteiger charge is 2.11. The highest BCUT2D eigenvalue weighted by atomic mass is 79.9. The van der Waals surface area contributed by atoms with Crippen LogP contribution in [0.15, 0.2) is 15.6 Å². The van der Waals surface area contributed by atoms with Crippen molar-refractivity contribution in [3.05, 3.63) is 26.3 Å². The molecule has 0 amide bonds. The molecule has 4 nitrogen and oxygen atoms in total. The van der Waals surface area contributed by atoms with Gasteiger partial charge in [0, 0.05) is 0 Å². The Bertz CT molecular complexity index is 426. The zero-order valence-electron chi connectivity index (χ0n) is 9.46. The largest absolute Gasteiger partial charge is 0.374 e. The molecule has 90 valence electrons. The summed E-state index contributed by atoms with van der Waals surface area (Å²) in [5, 5.41) is 0.179. The lowest BCUT2D eigenvalue weighted by Crippen LogP contribution is -2.27. The fraction of sp³-hybridized carbons (Fsp3) is 0.600. The van der Waals surface area contributed by atoms with Crippen molar-refractivity contribution in [2.24, 2.45) is 0 Å². The van der Waals surface area contributed by atoms with Crippen LogP contribution in [0.1, 0.15) is 20.8 Å². The summed E-state index contributed by atoms with van der Waals surface area (Å²) in [4.78, 5) is 15.6. The molecule has 16 heavy (non-hydrogen) atoms. The van der Waals surface area contributed by atoms with Gasteiger partial charge < -0.3 is 4.74 Å². The third-order valence-electron chi connectivity index (χ3n) is 1.81. The Morgan fingerprint density at radius 1 is 1.56 bits per heavy atom. The lowest BCUT2D eigenvalue weighted by atomic mass is 10.2. The van der Waals surface area contributed by atoms with Crippen LogP contribution in [-0.2, 0) is 11.3 Å². The number of ether oxygens (including phenoxy) is 1. The minimum Gasteiger partial charge on any atom is -0.374 e. The molecular weight excluding hydrogens is 295 g/mol. The molecule has 0 aromatic carbocycles. The maximum atomic E-state index is 11.7. The fourth-order valence-corrected chi connectivity index (χ4v) is 1.51. The van der Waals surface area contributed by atoms with Crippen molar-refractivity contribution in [2.75, 3.05) is 6.61 Å². The Morgan fingerprint density at radius 3 is 2.75 bits per heavy atom. The molecule has 6 heteroatoms. The lowest BCUT2D eigenvalue weighted by molar-refractivity contribution is -0.00724. The average Bonchev–Trinajstić information content (AvgIpc) is 2.16. The van der Waals surface area contributed by atoms with E-state index in [1.807, 2.05) is 20.8 Å². The SMILES string of the molecule is CC(C)(C)OCCn1cnc(Cl)c(Br)c1=O. The summed E-state index contributed by atoms with van der Waals surface area (Å²) in [5.74, 6) is 0. The van der Waals surface area contributed by atoms with Crippen LogP contribution in [-0.4, -0.2) is 21.8 Å². The zero-order valence-corrected chi connectivity index (χ0v) is 11.8. The Labute approximate surface area is 108 Å². The first-order chi connectivity index (χ1) is 7.31. The van der Waals surface area contributed by atoms with Crippen molar-refractivity contribution in [1.82, 2.24) is 9.55 Å². The Morgan fingerprint density at radius 2 is 2.19 bits per heavy atom. The molecule has 0 saturated carbocycles. The van der Waals surface area contributed by atoms with Gasteiger partial charge in [0.1, 0.15) is 4.47 Å². The van der Waals surface area contributed by atoms with Crippen molar-refractivity contribution >= 4 is 27.5 Å². The topological polar surface area (TPSA) is 44.1 Å². The van der Waals surface area contributed by atoms with Crippen LogP contribution in [0.2, 0.25) is 5.15 Å². The summed E-state index contributed by atoms with van der Waals surface area (Å²) in [6.07, 6.45) is 1.42. The molecule has 0 radical (unpaired) electrons. The molecule has 0 atom stereocenters. The van der Waals surface area contributed by atoms with Gasteiger partial charge in [0.15, 0.2) is 5.15 Å². The summed E-state index contributed by atoms with van der Waals surface area (Å²) < 4.78 is 7.27. The van der Waals surface area contributed by atoms with Gasteiger partial charge in [-0.3, -0.25) is 9.36 Å². The van der Waals surface area contributed by atoms with E-state index in [2.05, 4.69) is 20.9 Å². The van der Waals surface area contributed by atoms with Crippen molar-refractivity contribution in [1.29, 1.82) is 0 Å². The third-order valence-corrected chi connectivity index (χ3v) is 3.04. The van der Waals surface area contributed by atoms with E-state index in [-0.39, 0.29) is 20.8 Å². The van der Waals surface area contributed by atoms with Crippen LogP contribution >= 0.6 is 27.5 Å². The molecule has 1 aromatic rings. The minimum absolute atomic E-state index is 0.179. The number of nitrogens with zero attached hydrogens (tertiary/aromatic N) is 2. The number of rotatable bonds is 3. The van der Waals surface area contributed by atoms with Gasteiger partial charge in [-0.05, 0) is 36.7 Å². The minimum atomic E-state index is -0.208. The van der Waals surface area contributed by atoms with Gasteiger partial charge in [-0.25, -0.2) is 4.98 Å². The first-order valence-electron chi connectivity index (χ1n) is 4.85. The molecule has 0 saturated heterocycles. The van der Waals surface area contributed by atoms with E-state index >= 15 is 0 Å². The Kier molecular flexibility index (Phi) is 4.52. The molecule has 0 aliphatic carbocycles. The van der Waals surface area contributed by atoms with Gasteiger partial charge in [-0.1, -0.05) is 11.6 Å². The Balaban J connectivity index is 2.69. The van der Waals surface area contributed by atoms with E-state index in [1.165, 1.54) is 10.9 Å². The van der Waals surface area contributed by atoms with Crippen molar-refractivity contribution < 1.29 is 4.74 Å². The van der Waals surface area contributed by atoms with Crippen molar-refractivity contribution in [3.63, 3.8) is 0 Å². The van der Waals surface area contributed by atoms with E-state index in [0.29, 0.717) is 13.2 Å². The molecule has 0 fully saturated rings. The first-order valence-corrected chi connectivity index (χ1v) is 6.03. The number of aromatic nitrogens is 2. The van der Waals surface area contributed by atoms with E-state index in [1.54, 1.807) is 0 Å². The maximum absolute atomic E-state index is 11.7. The Hall–Kier alpha value is -0.390. The second kappa shape index (κ2) is 5.29. The smallest absolute Gasteiger partial charge is 0.269 e. The molecule has 1 rings (SSSR count). The van der Waals surface area contributed by atoms with Crippen molar-refractivity contribution in [2.45, 2.75) is 32.9 Å². The summed E-state index contributed by atoms with van der Waals surface area (Å²) in [6, 6.07) is 0. The third kappa shape index (κ3) is 3.88. The standard InChI is InChI=1S/C10H14BrClN2O2/c1-10(2,3)16-5-4-14-6-13-8(12)7(11)9(14)15/h6H,4-5H2,1-3H3. The number of hydrogen-bond acceptors (Lipinski definition) is 3. The van der Waals surface area contributed by atoms with Crippen LogP contribution in [0.3, 0.4) is 0 Å². The van der Waals surface area contributed by atoms with Gasteiger partial charge in [0.05, 0.1) is 25.1 Å². The summed E-state index contributed by atoms with van der Waals surface area (Å²) in [5.41, 5.74) is -0.404. The van der Waals surface area contributed by atoms with Crippen molar-refractivity contribution in [3.8, 4) is 0 Å². The molecule has 0 spiro atoms. The highest BCUT2D eigenvalue weighted by Crippen LogP contribution is 2.13. The lowest BCUT2D eigenvalue weighted by Gasteiger charge is -2.19. The van der Waals surface area contributed by atoms with Gasteiger partial charge in [-0.15, -0.1) is 0 Å². The van der Waals surface area contributed by atoms with E-state index in [9.17, 15) is 4.79 Å². The number of hydrogen-bond donors (Lipinski definition) is 0. The van der Waals surface area contributed by atoms with Gasteiger partial charge in [-0.2, -0.15) is 0 Å². The summed E-state index contributed by atoms with van der Waals surface area (Å²) in [7, 11) is 0. The monoisotopic (exact) mass is 308 g/mol. The predicted octanol–water partition coefficient (Wildman–Crippen LogP) is 2.47. The fourth-order valence-electron chi connectivity index (χ4n) is 1.05. The molecule has 0 aliphatic rings. The maximum Gasteiger partial charge on any atom is 0.269 e. The van der Waals surface area contributed by atoms with Crippen LogP contribution in [0.5, 0.6) is 0 Å². The van der Waals surface area contributed by atoms with Gasteiger partial charge in [0.2, 0.25) is 0 Å². The average molecular weight is 310 g/mol. The van der Waals surface area contributed by atoms with Crippen LogP contribution < -0.4 is 5.56 Å². The molecule has 0 aliphatic heterocycles. The molecule has 0 N–H and O–H groups in total.